The molecule has 0 bridgehead atoms. The summed E-state index contributed by atoms with van der Waals surface area (Å²) < 4.78 is 23.1. The highest BCUT2D eigenvalue weighted by Crippen LogP contribution is 2.64. The van der Waals surface area contributed by atoms with Gasteiger partial charge in [0.2, 0.25) is 0 Å². The summed E-state index contributed by atoms with van der Waals surface area (Å²) in [5, 5.41) is 0. The van der Waals surface area contributed by atoms with Crippen molar-refractivity contribution in [2.75, 3.05) is 7.11 Å². The minimum Gasteiger partial charge on any atom is -0.353 e. The Morgan fingerprint density at radius 1 is 1.31 bits per heavy atom. The van der Waals surface area contributed by atoms with Gasteiger partial charge < -0.3 is 18.9 Å². The van der Waals surface area contributed by atoms with E-state index >= 15 is 0 Å². The number of rotatable bonds is 1. The first kappa shape index (κ1) is 11.5. The second-order valence-corrected chi connectivity index (χ2v) is 7.26. The molecule has 16 heavy (non-hydrogen) atoms. The Balaban J connectivity index is 1.91. The largest absolute Gasteiger partial charge is 0.353 e. The summed E-state index contributed by atoms with van der Waals surface area (Å²) in [7, 11) is 3.76. The van der Waals surface area contributed by atoms with E-state index in [4.69, 9.17) is 18.9 Å². The summed E-state index contributed by atoms with van der Waals surface area (Å²) >= 11 is 3.68. The molecule has 3 fully saturated rings. The van der Waals surface area contributed by atoms with Gasteiger partial charge in [-0.15, -0.1) is 0 Å². The lowest BCUT2D eigenvalue weighted by atomic mass is 9.95. The van der Waals surface area contributed by atoms with Crippen molar-refractivity contribution in [3.05, 3.63) is 0 Å². The van der Waals surface area contributed by atoms with E-state index in [0.717, 1.165) is 6.42 Å². The van der Waals surface area contributed by atoms with E-state index < -0.39 is 5.79 Å². The fourth-order valence-electron chi connectivity index (χ4n) is 2.88. The molecule has 3 rings (SSSR count). The Hall–Kier alpha value is 0.385. The molecule has 0 amide bonds. The first-order valence-corrected chi connectivity index (χ1v) is 6.36. The molecule has 0 aromatic heterocycles. The summed E-state index contributed by atoms with van der Waals surface area (Å²) in [6.45, 7) is 3.86. The van der Waals surface area contributed by atoms with E-state index in [1.165, 1.54) is 0 Å². The van der Waals surface area contributed by atoms with Gasteiger partial charge in [0.25, 0.3) is 0 Å². The molecule has 2 heterocycles. The molecule has 2 saturated heterocycles. The van der Waals surface area contributed by atoms with Gasteiger partial charge in [0.05, 0.1) is 0 Å². The van der Waals surface area contributed by atoms with Crippen molar-refractivity contribution >= 4 is 23.8 Å². The summed E-state index contributed by atoms with van der Waals surface area (Å²) in [6, 6.07) is 0. The van der Waals surface area contributed by atoms with Gasteiger partial charge in [-0.2, -0.15) is 0 Å². The average molecular weight is 291 g/mol. The van der Waals surface area contributed by atoms with E-state index in [9.17, 15) is 0 Å². The van der Waals surface area contributed by atoms with Crippen LogP contribution < -0.4 is 0 Å². The van der Waals surface area contributed by atoms with E-state index in [0.29, 0.717) is 0 Å². The zero-order valence-corrected chi connectivity index (χ0v) is 11.5. The van der Waals surface area contributed by atoms with Crippen molar-refractivity contribution in [3.63, 3.8) is 0 Å². The van der Waals surface area contributed by atoms with Crippen molar-refractivity contribution < 1.29 is 18.9 Å². The predicted molar refractivity (Wildman–Crippen MR) is 63.3 cm³/mol. The van der Waals surface area contributed by atoms with Crippen molar-refractivity contribution in [2.45, 2.75) is 54.4 Å². The highest BCUT2D eigenvalue weighted by molar-refractivity contribution is 9.10. The monoisotopic (exact) mass is 290 g/mol. The standard InChI is InChI=1S/C10H16BBrO4/c1-8(2)14-5-6(15-8)9(4-10(9,11)12)16-7(5)13-3/h5-7H,4,11H2,1-3H3/t5?,6?,7-,9-,10+/m1/s1. The molecule has 1 saturated carbocycles. The Labute approximate surface area is 104 Å². The van der Waals surface area contributed by atoms with Gasteiger partial charge in [0.15, 0.2) is 12.1 Å². The number of alkyl halides is 1. The molecule has 0 N–H and O–H groups in total. The number of methoxy groups -OCH3 is 1. The van der Waals surface area contributed by atoms with Crippen LogP contribution in [0.25, 0.3) is 0 Å². The van der Waals surface area contributed by atoms with Crippen LogP contribution >= 0.6 is 15.9 Å². The van der Waals surface area contributed by atoms with E-state index in [-0.39, 0.29) is 28.3 Å². The molecule has 0 aromatic rings. The van der Waals surface area contributed by atoms with Crippen LogP contribution in [0, 0.1) is 0 Å². The molecule has 1 spiro atoms. The molecule has 90 valence electrons. The third-order valence-electron chi connectivity index (χ3n) is 3.77. The molecule has 0 radical (unpaired) electrons. The topological polar surface area (TPSA) is 36.9 Å². The quantitative estimate of drug-likeness (QED) is 0.517. The summed E-state index contributed by atoms with van der Waals surface area (Å²) in [6.07, 6.45) is 0.433. The minimum absolute atomic E-state index is 0.0278. The minimum atomic E-state index is -0.547. The molecule has 2 aliphatic heterocycles. The molecular weight excluding hydrogens is 275 g/mol. The fraction of sp³-hybridized carbons (Fsp3) is 1.00. The van der Waals surface area contributed by atoms with Crippen LogP contribution in [0.1, 0.15) is 20.3 Å². The lowest BCUT2D eigenvalue weighted by molar-refractivity contribution is -0.232. The van der Waals surface area contributed by atoms with Crippen LogP contribution in [0.3, 0.4) is 0 Å². The third kappa shape index (κ3) is 1.31. The average Bonchev–Trinajstić information content (AvgIpc) is 2.45. The Kier molecular flexibility index (Phi) is 2.18. The van der Waals surface area contributed by atoms with Crippen molar-refractivity contribution in [2.24, 2.45) is 0 Å². The number of ether oxygens (including phenoxy) is 4. The van der Waals surface area contributed by atoms with E-state index in [1.807, 2.05) is 13.8 Å². The molecular formula is C10H16BBrO4. The number of halogens is 1. The maximum absolute atomic E-state index is 5.97. The fourth-order valence-corrected chi connectivity index (χ4v) is 3.62. The van der Waals surface area contributed by atoms with Crippen molar-refractivity contribution in [1.82, 2.24) is 0 Å². The number of hydrogen-bond donors (Lipinski definition) is 0. The molecule has 2 unspecified atom stereocenters. The van der Waals surface area contributed by atoms with E-state index in [2.05, 4.69) is 23.8 Å². The highest BCUT2D eigenvalue weighted by atomic mass is 79.9. The van der Waals surface area contributed by atoms with Crippen LogP contribution in [-0.2, 0) is 18.9 Å². The van der Waals surface area contributed by atoms with Gasteiger partial charge >= 0.3 is 0 Å². The van der Waals surface area contributed by atoms with Gasteiger partial charge in [-0.05, 0) is 20.3 Å². The normalized spacial score (nSPS) is 57.9. The van der Waals surface area contributed by atoms with E-state index in [1.54, 1.807) is 7.11 Å². The first-order chi connectivity index (χ1) is 7.31. The Bertz CT molecular complexity index is 335. The lowest BCUT2D eigenvalue weighted by Gasteiger charge is -2.24. The van der Waals surface area contributed by atoms with Crippen LogP contribution in [0.4, 0.5) is 0 Å². The first-order valence-electron chi connectivity index (χ1n) is 5.56. The van der Waals surface area contributed by atoms with Crippen molar-refractivity contribution in [1.29, 1.82) is 0 Å². The van der Waals surface area contributed by atoms with Crippen LogP contribution in [0.15, 0.2) is 0 Å². The Morgan fingerprint density at radius 2 is 1.94 bits per heavy atom. The molecule has 6 heteroatoms. The molecule has 3 aliphatic rings. The second kappa shape index (κ2) is 3.04. The third-order valence-corrected chi connectivity index (χ3v) is 4.72. The lowest BCUT2D eigenvalue weighted by Crippen LogP contribution is -2.36. The molecule has 1 aliphatic carbocycles. The molecule has 5 atom stereocenters. The summed E-state index contributed by atoms with van der Waals surface area (Å²) in [4.78, 5) is 0. The van der Waals surface area contributed by atoms with Gasteiger partial charge in [-0.25, -0.2) is 0 Å². The van der Waals surface area contributed by atoms with Crippen LogP contribution in [0.5, 0.6) is 0 Å². The Morgan fingerprint density at radius 3 is 2.44 bits per heavy atom. The highest BCUT2D eigenvalue weighted by Gasteiger charge is 2.78. The summed E-state index contributed by atoms with van der Waals surface area (Å²) in [5.41, 5.74) is -0.286. The number of hydrogen-bond acceptors (Lipinski definition) is 4. The second-order valence-electron chi connectivity index (χ2n) is 5.51. The van der Waals surface area contributed by atoms with Gasteiger partial charge in [-0.3, -0.25) is 0 Å². The van der Waals surface area contributed by atoms with Crippen LogP contribution in [-0.4, -0.2) is 49.1 Å². The van der Waals surface area contributed by atoms with Crippen LogP contribution in [0.2, 0.25) is 0 Å². The predicted octanol–water partition coefficient (Wildman–Crippen LogP) is 0.376. The summed E-state index contributed by atoms with van der Waals surface area (Å²) in [5.74, 6) is -0.547. The maximum Gasteiger partial charge on any atom is 0.186 e. The molecule has 4 nitrogen and oxygen atoms in total. The van der Waals surface area contributed by atoms with Gasteiger partial charge in [-0.1, -0.05) is 15.9 Å². The van der Waals surface area contributed by atoms with Crippen molar-refractivity contribution in [3.8, 4) is 0 Å². The SMILES string of the molecule is B[C@]1(Br)C[C@]12O[C@@H](OC)C1OC(C)(C)OC12. The van der Waals surface area contributed by atoms with Gasteiger partial charge in [0, 0.05) is 11.3 Å². The smallest absolute Gasteiger partial charge is 0.186 e. The van der Waals surface area contributed by atoms with Gasteiger partial charge in [0.1, 0.15) is 25.7 Å². The zero-order chi connectivity index (χ0) is 11.8. The maximum atomic E-state index is 5.97. The number of fused-ring (bicyclic) bond motifs is 2. The zero-order valence-electron chi connectivity index (χ0n) is 9.95. The molecule has 0 aromatic carbocycles.